The molecule has 2 amide bonds. The first-order valence-corrected chi connectivity index (χ1v) is 7.96. The van der Waals surface area contributed by atoms with E-state index in [2.05, 4.69) is 5.32 Å². The van der Waals surface area contributed by atoms with Crippen LogP contribution in [0.4, 0.5) is 0 Å². The Morgan fingerprint density at radius 3 is 2.83 bits per heavy atom. The summed E-state index contributed by atoms with van der Waals surface area (Å²) in [6.07, 6.45) is 1.08. The third-order valence-electron chi connectivity index (χ3n) is 3.85. The molecule has 1 aliphatic rings. The summed E-state index contributed by atoms with van der Waals surface area (Å²) in [5.41, 5.74) is 0.301. The molecule has 1 aromatic rings. The molecule has 1 saturated heterocycles. The van der Waals surface area contributed by atoms with Crippen LogP contribution in [-0.2, 0) is 9.59 Å². The molecule has 0 aliphatic carbocycles. The SMILES string of the molecule is COc1ccc(Cl)cc1C(=O)N1CCCC1C(=O)NCCC(=O)O. The predicted octanol–water partition coefficient (Wildman–Crippen LogP) is 1.54. The van der Waals surface area contributed by atoms with Gasteiger partial charge in [0.2, 0.25) is 5.91 Å². The van der Waals surface area contributed by atoms with Gasteiger partial charge in [0.15, 0.2) is 0 Å². The number of nitrogens with zero attached hydrogens (tertiary/aromatic N) is 1. The number of nitrogens with one attached hydrogen (secondary N) is 1. The summed E-state index contributed by atoms with van der Waals surface area (Å²) in [5, 5.41) is 11.6. The molecule has 1 heterocycles. The summed E-state index contributed by atoms with van der Waals surface area (Å²) < 4.78 is 5.20. The molecule has 130 valence electrons. The first-order chi connectivity index (χ1) is 11.4. The third kappa shape index (κ3) is 4.17. The first-order valence-electron chi connectivity index (χ1n) is 7.58. The zero-order valence-corrected chi connectivity index (χ0v) is 14.0. The molecule has 2 N–H and O–H groups in total. The van der Waals surface area contributed by atoms with Crippen molar-refractivity contribution in [2.45, 2.75) is 25.3 Å². The molecule has 0 saturated carbocycles. The average Bonchev–Trinajstić information content (AvgIpc) is 3.03. The second kappa shape index (κ2) is 8.01. The number of benzene rings is 1. The summed E-state index contributed by atoms with van der Waals surface area (Å²) in [5.74, 6) is -1.27. The number of carbonyl (C=O) groups is 3. The summed E-state index contributed by atoms with van der Waals surface area (Å²) in [6.45, 7) is 0.485. The topological polar surface area (TPSA) is 95.9 Å². The van der Waals surface area contributed by atoms with Gasteiger partial charge in [0.1, 0.15) is 11.8 Å². The highest BCUT2D eigenvalue weighted by molar-refractivity contribution is 6.31. The lowest BCUT2D eigenvalue weighted by Crippen LogP contribution is -2.46. The largest absolute Gasteiger partial charge is 0.496 e. The van der Waals surface area contributed by atoms with Gasteiger partial charge in [0, 0.05) is 18.1 Å². The molecule has 1 aromatic carbocycles. The van der Waals surface area contributed by atoms with Crippen molar-refractivity contribution >= 4 is 29.4 Å². The number of aliphatic carboxylic acids is 1. The first kappa shape index (κ1) is 18.1. The number of ether oxygens (including phenoxy) is 1. The van der Waals surface area contributed by atoms with Gasteiger partial charge in [-0.2, -0.15) is 0 Å². The molecule has 7 nitrogen and oxygen atoms in total. The quantitative estimate of drug-likeness (QED) is 0.808. The van der Waals surface area contributed by atoms with E-state index in [4.69, 9.17) is 21.4 Å². The van der Waals surface area contributed by atoms with Crippen LogP contribution in [0, 0.1) is 0 Å². The van der Waals surface area contributed by atoms with Crippen molar-refractivity contribution in [3.8, 4) is 5.75 Å². The second-order valence-electron chi connectivity index (χ2n) is 5.44. The minimum atomic E-state index is -0.988. The molecule has 0 bridgehead atoms. The summed E-state index contributed by atoms with van der Waals surface area (Å²) in [4.78, 5) is 37.0. The van der Waals surface area contributed by atoms with Crippen molar-refractivity contribution < 1.29 is 24.2 Å². The monoisotopic (exact) mass is 354 g/mol. The van der Waals surface area contributed by atoms with Crippen molar-refractivity contribution in [1.29, 1.82) is 0 Å². The molecule has 0 radical (unpaired) electrons. The minimum absolute atomic E-state index is 0.0349. The van der Waals surface area contributed by atoms with Gasteiger partial charge in [0.25, 0.3) is 5.91 Å². The molecule has 1 unspecified atom stereocenters. The van der Waals surface area contributed by atoms with Crippen LogP contribution in [0.15, 0.2) is 18.2 Å². The van der Waals surface area contributed by atoms with E-state index in [1.54, 1.807) is 12.1 Å². The van der Waals surface area contributed by atoms with Crippen LogP contribution >= 0.6 is 11.6 Å². The minimum Gasteiger partial charge on any atom is -0.496 e. The lowest BCUT2D eigenvalue weighted by molar-refractivity contribution is -0.137. The number of likely N-dealkylation sites (tertiary alicyclic amines) is 1. The molecule has 24 heavy (non-hydrogen) atoms. The van der Waals surface area contributed by atoms with Gasteiger partial charge in [-0.1, -0.05) is 11.6 Å². The number of hydrogen-bond donors (Lipinski definition) is 2. The van der Waals surface area contributed by atoms with Crippen LogP contribution in [0.3, 0.4) is 0 Å². The number of carbonyl (C=O) groups excluding carboxylic acids is 2. The van der Waals surface area contributed by atoms with Crippen molar-refractivity contribution in [1.82, 2.24) is 10.2 Å². The van der Waals surface area contributed by atoms with Gasteiger partial charge in [-0.25, -0.2) is 0 Å². The maximum atomic E-state index is 12.8. The number of hydrogen-bond acceptors (Lipinski definition) is 4. The molecule has 2 rings (SSSR count). The van der Waals surface area contributed by atoms with E-state index >= 15 is 0 Å². The standard InChI is InChI=1S/C16H19ClN2O5/c1-24-13-5-4-10(17)9-11(13)16(23)19-8-2-3-12(19)15(22)18-7-6-14(20)21/h4-5,9,12H,2-3,6-8H2,1H3,(H,18,22)(H,20,21). The zero-order valence-electron chi connectivity index (χ0n) is 13.3. The summed E-state index contributed by atoms with van der Waals surface area (Å²) in [6, 6.07) is 4.13. The average molecular weight is 355 g/mol. The lowest BCUT2D eigenvalue weighted by atomic mass is 10.1. The van der Waals surface area contributed by atoms with E-state index in [9.17, 15) is 14.4 Å². The Morgan fingerprint density at radius 1 is 1.42 bits per heavy atom. The highest BCUT2D eigenvalue weighted by Crippen LogP contribution is 2.27. The Bertz CT molecular complexity index is 649. The maximum Gasteiger partial charge on any atom is 0.305 e. The van der Waals surface area contributed by atoms with Crippen LogP contribution < -0.4 is 10.1 Å². The lowest BCUT2D eigenvalue weighted by Gasteiger charge is -2.24. The third-order valence-corrected chi connectivity index (χ3v) is 4.08. The van der Waals surface area contributed by atoms with Gasteiger partial charge >= 0.3 is 5.97 Å². The van der Waals surface area contributed by atoms with E-state index in [1.165, 1.54) is 18.1 Å². The Hall–Kier alpha value is -2.28. The number of carboxylic acids is 1. The van der Waals surface area contributed by atoms with Crippen molar-refractivity contribution in [3.63, 3.8) is 0 Å². The number of carboxylic acid groups (broad SMARTS) is 1. The van der Waals surface area contributed by atoms with E-state index in [0.29, 0.717) is 35.7 Å². The molecule has 1 atom stereocenters. The molecule has 1 aliphatic heterocycles. The summed E-state index contributed by atoms with van der Waals surface area (Å²) in [7, 11) is 1.46. The number of rotatable bonds is 6. The fourth-order valence-electron chi connectivity index (χ4n) is 2.69. The van der Waals surface area contributed by atoms with Gasteiger partial charge < -0.3 is 20.1 Å². The van der Waals surface area contributed by atoms with Crippen molar-refractivity contribution in [2.75, 3.05) is 20.2 Å². The van der Waals surface area contributed by atoms with Gasteiger partial charge in [-0.15, -0.1) is 0 Å². The fraction of sp³-hybridized carbons (Fsp3) is 0.438. The van der Waals surface area contributed by atoms with Crippen LogP contribution in [0.25, 0.3) is 0 Å². The van der Waals surface area contributed by atoms with E-state index in [0.717, 1.165) is 0 Å². The zero-order chi connectivity index (χ0) is 17.7. The van der Waals surface area contributed by atoms with E-state index < -0.39 is 12.0 Å². The Kier molecular flexibility index (Phi) is 6.03. The Labute approximate surface area is 144 Å². The summed E-state index contributed by atoms with van der Waals surface area (Å²) >= 11 is 5.96. The fourth-order valence-corrected chi connectivity index (χ4v) is 2.87. The molecule has 8 heteroatoms. The number of halogens is 1. The van der Waals surface area contributed by atoms with Crippen LogP contribution in [-0.4, -0.2) is 54.0 Å². The molecule has 0 spiro atoms. The van der Waals surface area contributed by atoms with Gasteiger partial charge in [-0.3, -0.25) is 14.4 Å². The van der Waals surface area contributed by atoms with Crippen molar-refractivity contribution in [2.24, 2.45) is 0 Å². The Balaban J connectivity index is 2.12. The predicted molar refractivity (Wildman–Crippen MR) is 87.3 cm³/mol. The molecular formula is C16H19ClN2O5. The van der Waals surface area contributed by atoms with Crippen LogP contribution in [0.5, 0.6) is 5.75 Å². The number of amides is 2. The van der Waals surface area contributed by atoms with Gasteiger partial charge in [0.05, 0.1) is 19.1 Å². The van der Waals surface area contributed by atoms with E-state index in [-0.39, 0.29) is 24.8 Å². The normalized spacial score (nSPS) is 16.8. The van der Waals surface area contributed by atoms with Crippen LogP contribution in [0.1, 0.15) is 29.6 Å². The second-order valence-corrected chi connectivity index (χ2v) is 5.87. The molecular weight excluding hydrogens is 336 g/mol. The highest BCUT2D eigenvalue weighted by atomic mass is 35.5. The van der Waals surface area contributed by atoms with Gasteiger partial charge in [-0.05, 0) is 31.0 Å². The molecule has 1 fully saturated rings. The smallest absolute Gasteiger partial charge is 0.305 e. The Morgan fingerprint density at radius 2 is 2.17 bits per heavy atom. The van der Waals surface area contributed by atoms with E-state index in [1.807, 2.05) is 0 Å². The molecule has 0 aromatic heterocycles. The van der Waals surface area contributed by atoms with Crippen molar-refractivity contribution in [3.05, 3.63) is 28.8 Å². The van der Waals surface area contributed by atoms with Crippen LogP contribution in [0.2, 0.25) is 5.02 Å². The maximum absolute atomic E-state index is 12.8. The highest BCUT2D eigenvalue weighted by Gasteiger charge is 2.35. The number of methoxy groups -OCH3 is 1.